The number of aliphatic hydroxyl groups is 3. The highest BCUT2D eigenvalue weighted by Gasteiger charge is 2.48. The summed E-state index contributed by atoms with van der Waals surface area (Å²) in [5, 5.41) is 30.8. The summed E-state index contributed by atoms with van der Waals surface area (Å²) in [7, 11) is -5.07. The van der Waals surface area contributed by atoms with E-state index < -0.39 is 59.8 Å². The van der Waals surface area contributed by atoms with Crippen LogP contribution in [0.25, 0.3) is 0 Å². The maximum Gasteiger partial charge on any atom is 0.397 e. The predicted molar refractivity (Wildman–Crippen MR) is 294 cm³/mol. The molecule has 0 saturated carbocycles. The molecule has 420 valence electrons. The Morgan fingerprint density at radius 1 is 0.542 bits per heavy atom. The summed E-state index contributed by atoms with van der Waals surface area (Å²) in [6, 6.07) is 0. The summed E-state index contributed by atoms with van der Waals surface area (Å²) in [4.78, 5) is 13.0. The first-order chi connectivity index (χ1) is 35.1. The average Bonchev–Trinajstić information content (AvgIpc) is 3.36. The van der Waals surface area contributed by atoms with Gasteiger partial charge in [0.15, 0.2) is 6.29 Å². The molecular formula is C59H106O12S. The fraction of sp³-hybridized carbons (Fsp3) is 0.814. The van der Waals surface area contributed by atoms with Crippen molar-refractivity contribution in [1.82, 2.24) is 0 Å². The maximum absolute atomic E-state index is 13.0. The lowest BCUT2D eigenvalue weighted by Gasteiger charge is -2.41. The molecule has 0 aliphatic carbocycles. The van der Waals surface area contributed by atoms with Gasteiger partial charge >= 0.3 is 16.4 Å². The monoisotopic (exact) mass is 1040 g/mol. The zero-order chi connectivity index (χ0) is 52.4. The molecule has 0 aromatic heterocycles. The molecule has 13 heteroatoms. The molecule has 1 saturated heterocycles. The van der Waals surface area contributed by atoms with Gasteiger partial charge in [-0.25, -0.2) is 4.18 Å². The van der Waals surface area contributed by atoms with Gasteiger partial charge in [0, 0.05) is 13.0 Å². The van der Waals surface area contributed by atoms with Crippen molar-refractivity contribution in [1.29, 1.82) is 0 Å². The van der Waals surface area contributed by atoms with Crippen molar-refractivity contribution >= 4 is 16.4 Å². The normalized spacial score (nSPS) is 19.3. The van der Waals surface area contributed by atoms with Gasteiger partial charge < -0.3 is 34.3 Å². The van der Waals surface area contributed by atoms with Gasteiger partial charge in [-0.1, -0.05) is 242 Å². The highest BCUT2D eigenvalue weighted by atomic mass is 32.3. The Bertz CT molecular complexity index is 1480. The highest BCUT2D eigenvalue weighted by Crippen LogP contribution is 2.26. The van der Waals surface area contributed by atoms with Crippen molar-refractivity contribution in [3.63, 3.8) is 0 Å². The Morgan fingerprint density at radius 2 is 0.958 bits per heavy atom. The molecule has 4 N–H and O–H groups in total. The SMILES string of the molecule is CC/C=C\C/C=C\C/C=C\C/C=C\C/C=C\CCCCCCCCCCOCC(COC1OC(CO)C(O)C(OS(=O)(=O)O)C1O)OC(=O)CCCCCCCCCCCCCCCCCCCCCCC. The number of unbranched alkanes of at least 4 members (excludes halogenated alkanes) is 28. The van der Waals surface area contributed by atoms with Crippen LogP contribution < -0.4 is 0 Å². The van der Waals surface area contributed by atoms with Crippen LogP contribution in [0, 0.1) is 0 Å². The third kappa shape index (κ3) is 42.1. The van der Waals surface area contributed by atoms with Crippen molar-refractivity contribution in [3.8, 4) is 0 Å². The van der Waals surface area contributed by atoms with E-state index in [2.05, 4.69) is 78.8 Å². The molecule has 0 aromatic carbocycles. The molecule has 1 fully saturated rings. The molecule has 0 spiro atoms. The van der Waals surface area contributed by atoms with E-state index in [1.54, 1.807) is 0 Å². The highest BCUT2D eigenvalue weighted by molar-refractivity contribution is 7.80. The largest absolute Gasteiger partial charge is 0.457 e. The zero-order valence-electron chi connectivity index (χ0n) is 45.5. The fourth-order valence-electron chi connectivity index (χ4n) is 8.82. The molecule has 1 rings (SSSR count). The fourth-order valence-corrected chi connectivity index (χ4v) is 9.33. The summed E-state index contributed by atoms with van der Waals surface area (Å²) in [5.74, 6) is -0.399. The number of aliphatic hydroxyl groups excluding tert-OH is 3. The number of hydrogen-bond acceptors (Lipinski definition) is 11. The van der Waals surface area contributed by atoms with Crippen molar-refractivity contribution in [2.75, 3.05) is 26.4 Å². The van der Waals surface area contributed by atoms with Crippen molar-refractivity contribution in [2.24, 2.45) is 0 Å². The van der Waals surface area contributed by atoms with Crippen LogP contribution in [0.3, 0.4) is 0 Å². The van der Waals surface area contributed by atoms with E-state index in [0.29, 0.717) is 13.0 Å². The second-order valence-electron chi connectivity index (χ2n) is 19.9. The lowest BCUT2D eigenvalue weighted by atomic mass is 9.99. The Balaban J connectivity index is 2.30. The average molecular weight is 1040 g/mol. The minimum absolute atomic E-state index is 0.0305. The summed E-state index contributed by atoms with van der Waals surface area (Å²) >= 11 is 0. The molecule has 0 radical (unpaired) electrons. The maximum atomic E-state index is 13.0. The standard InChI is InChI=1S/C59H106O12S/c1-3-5-7-9-11-13-15-17-19-21-23-25-26-27-29-31-33-35-37-39-41-43-45-47-49-67-51-53(52-68-59-57(63)58(71-72(64,65)66)56(62)54(50-60)70-59)69-55(61)48-46-44-42-40-38-36-34-32-30-28-24-22-20-18-16-14-12-10-8-6-4-2/h5,7,11,13,17,19,23,25,27,29,53-54,56-60,62-63H,3-4,6,8-10,12,14-16,18,20-22,24,26,28,30-52H2,1-2H3,(H,64,65,66)/b7-5-,13-11-,19-17-,25-23-,29-27-. The molecule has 0 amide bonds. The molecule has 12 nitrogen and oxygen atoms in total. The van der Waals surface area contributed by atoms with E-state index in [1.165, 1.54) is 141 Å². The lowest BCUT2D eigenvalue weighted by molar-refractivity contribution is -0.301. The van der Waals surface area contributed by atoms with Gasteiger partial charge in [0.05, 0.1) is 19.8 Å². The van der Waals surface area contributed by atoms with Gasteiger partial charge in [-0.3, -0.25) is 9.35 Å². The Hall–Kier alpha value is -2.20. The van der Waals surface area contributed by atoms with Gasteiger partial charge in [0.1, 0.15) is 30.5 Å². The second-order valence-corrected chi connectivity index (χ2v) is 20.9. The van der Waals surface area contributed by atoms with Crippen LogP contribution in [0.2, 0.25) is 0 Å². The number of carbonyl (C=O) groups excluding carboxylic acids is 1. The third-order valence-electron chi connectivity index (χ3n) is 13.2. The van der Waals surface area contributed by atoms with E-state index in [4.69, 9.17) is 18.9 Å². The van der Waals surface area contributed by atoms with Gasteiger partial charge in [-0.15, -0.1) is 0 Å². The first-order valence-electron chi connectivity index (χ1n) is 29.0. The number of ether oxygens (including phenoxy) is 4. The smallest absolute Gasteiger partial charge is 0.397 e. The molecule has 6 atom stereocenters. The van der Waals surface area contributed by atoms with Crippen LogP contribution in [0.4, 0.5) is 0 Å². The molecule has 0 aromatic rings. The van der Waals surface area contributed by atoms with Crippen molar-refractivity contribution in [3.05, 3.63) is 60.8 Å². The molecule has 72 heavy (non-hydrogen) atoms. The van der Waals surface area contributed by atoms with Crippen molar-refractivity contribution < 1.29 is 56.2 Å². The minimum atomic E-state index is -5.07. The summed E-state index contributed by atoms with van der Waals surface area (Å²) in [6.45, 7) is 3.90. The Morgan fingerprint density at radius 3 is 1.40 bits per heavy atom. The van der Waals surface area contributed by atoms with Crippen LogP contribution >= 0.6 is 0 Å². The lowest BCUT2D eigenvalue weighted by Crippen LogP contribution is -2.60. The first-order valence-corrected chi connectivity index (χ1v) is 30.4. The van der Waals surface area contributed by atoms with Crippen LogP contribution in [0.5, 0.6) is 0 Å². The molecule has 6 unspecified atom stereocenters. The minimum Gasteiger partial charge on any atom is -0.457 e. The number of carbonyl (C=O) groups is 1. The topological polar surface area (TPSA) is 178 Å². The van der Waals surface area contributed by atoms with Gasteiger partial charge in [0.25, 0.3) is 0 Å². The quantitative estimate of drug-likeness (QED) is 0.0196. The number of rotatable bonds is 51. The Kier molecular flexibility index (Phi) is 46.8. The van der Waals surface area contributed by atoms with Crippen LogP contribution in [-0.4, -0.2) is 97.5 Å². The summed E-state index contributed by atoms with van der Waals surface area (Å²) in [5.41, 5.74) is 0. The predicted octanol–water partition coefficient (Wildman–Crippen LogP) is 14.4. The van der Waals surface area contributed by atoms with Gasteiger partial charge in [-0.05, 0) is 57.8 Å². The number of hydrogen-bond donors (Lipinski definition) is 4. The van der Waals surface area contributed by atoms with Crippen LogP contribution in [-0.2, 0) is 38.3 Å². The summed E-state index contributed by atoms with van der Waals surface area (Å²) < 4.78 is 59.4. The van der Waals surface area contributed by atoms with E-state index in [1.807, 2.05) is 0 Å². The second kappa shape index (κ2) is 49.7. The van der Waals surface area contributed by atoms with E-state index in [9.17, 15) is 33.1 Å². The number of esters is 1. The Labute approximate surface area is 439 Å². The molecular weight excluding hydrogens is 933 g/mol. The van der Waals surface area contributed by atoms with E-state index >= 15 is 0 Å². The summed E-state index contributed by atoms with van der Waals surface area (Å²) in [6.07, 6.45) is 55.4. The molecule has 1 heterocycles. The van der Waals surface area contributed by atoms with Crippen LogP contribution in [0.15, 0.2) is 60.8 Å². The molecule has 1 aliphatic rings. The van der Waals surface area contributed by atoms with Gasteiger partial charge in [0.2, 0.25) is 0 Å². The third-order valence-corrected chi connectivity index (χ3v) is 13.6. The van der Waals surface area contributed by atoms with Crippen LogP contribution in [0.1, 0.15) is 245 Å². The van der Waals surface area contributed by atoms with E-state index in [-0.39, 0.29) is 19.6 Å². The number of allylic oxidation sites excluding steroid dienone is 10. The molecule has 0 bridgehead atoms. The first kappa shape index (κ1) is 67.8. The molecule has 1 aliphatic heterocycles. The zero-order valence-corrected chi connectivity index (χ0v) is 46.3. The van der Waals surface area contributed by atoms with E-state index in [0.717, 1.165) is 77.0 Å². The van der Waals surface area contributed by atoms with Gasteiger partial charge in [-0.2, -0.15) is 8.42 Å². The van der Waals surface area contributed by atoms with Crippen molar-refractivity contribution in [2.45, 2.75) is 282 Å².